The van der Waals surface area contributed by atoms with E-state index >= 15 is 0 Å². The van der Waals surface area contributed by atoms with Crippen molar-refractivity contribution < 1.29 is 26.7 Å². The molecule has 1 aromatic carbocycles. The van der Waals surface area contributed by atoms with Crippen molar-refractivity contribution in [1.29, 1.82) is 0 Å². The fourth-order valence-electron chi connectivity index (χ4n) is 1.09. The minimum absolute atomic E-state index is 0.357. The van der Waals surface area contributed by atoms with E-state index in [1.807, 2.05) is 0 Å². The Hall–Kier alpha value is -1.37. The van der Waals surface area contributed by atoms with E-state index in [1.165, 1.54) is 0 Å². The van der Waals surface area contributed by atoms with Gasteiger partial charge in [-0.3, -0.25) is 0 Å². The lowest BCUT2D eigenvalue weighted by atomic mass is 10.1. The fourth-order valence-corrected chi connectivity index (χ4v) is 1.09. The van der Waals surface area contributed by atoms with Crippen LogP contribution in [-0.4, -0.2) is 13.0 Å². The normalized spacial score (nSPS) is 13.6. The summed E-state index contributed by atoms with van der Waals surface area (Å²) in [5.41, 5.74) is 4.82. The molecule has 0 spiro atoms. The standard InChI is InChI=1S/C9H8F5NO/c10-4-8(15)6-3-5(1-2-7(6)11)16-9(12,13)14/h1-3,8H,4,15H2/t8-/m1/s1. The minimum Gasteiger partial charge on any atom is -0.406 e. The second-order valence-corrected chi connectivity index (χ2v) is 2.99. The number of hydrogen-bond acceptors (Lipinski definition) is 2. The second kappa shape index (κ2) is 4.65. The largest absolute Gasteiger partial charge is 0.573 e. The lowest BCUT2D eigenvalue weighted by molar-refractivity contribution is -0.274. The number of nitrogens with two attached hydrogens (primary N) is 1. The van der Waals surface area contributed by atoms with Gasteiger partial charge < -0.3 is 10.5 Å². The van der Waals surface area contributed by atoms with E-state index in [4.69, 9.17) is 5.73 Å². The third-order valence-corrected chi connectivity index (χ3v) is 1.77. The van der Waals surface area contributed by atoms with E-state index < -0.39 is 30.6 Å². The van der Waals surface area contributed by atoms with Crippen LogP contribution in [0.25, 0.3) is 0 Å². The highest BCUT2D eigenvalue weighted by Crippen LogP contribution is 2.26. The summed E-state index contributed by atoms with van der Waals surface area (Å²) >= 11 is 0. The van der Waals surface area contributed by atoms with Crippen molar-refractivity contribution in [2.75, 3.05) is 6.67 Å². The van der Waals surface area contributed by atoms with Crippen LogP contribution in [0.1, 0.15) is 11.6 Å². The van der Waals surface area contributed by atoms with E-state index in [0.717, 1.165) is 18.2 Å². The molecule has 1 rings (SSSR count). The number of rotatable bonds is 3. The van der Waals surface area contributed by atoms with E-state index in [2.05, 4.69) is 4.74 Å². The molecule has 7 heteroatoms. The molecule has 16 heavy (non-hydrogen) atoms. The van der Waals surface area contributed by atoms with E-state index in [0.29, 0.717) is 0 Å². The quantitative estimate of drug-likeness (QED) is 0.826. The average Bonchev–Trinajstić information content (AvgIpc) is 2.18. The molecule has 0 unspecified atom stereocenters. The zero-order valence-corrected chi connectivity index (χ0v) is 7.89. The first-order valence-electron chi connectivity index (χ1n) is 4.20. The fraction of sp³-hybridized carbons (Fsp3) is 0.333. The van der Waals surface area contributed by atoms with Gasteiger partial charge in [0.1, 0.15) is 18.2 Å². The van der Waals surface area contributed by atoms with Gasteiger partial charge >= 0.3 is 6.36 Å². The smallest absolute Gasteiger partial charge is 0.406 e. The van der Waals surface area contributed by atoms with Gasteiger partial charge in [-0.1, -0.05) is 0 Å². The predicted molar refractivity (Wildman–Crippen MR) is 46.0 cm³/mol. The molecule has 0 saturated carbocycles. The lowest BCUT2D eigenvalue weighted by Crippen LogP contribution is -2.18. The molecule has 0 heterocycles. The summed E-state index contributed by atoms with van der Waals surface area (Å²) in [4.78, 5) is 0. The Morgan fingerprint density at radius 2 is 1.94 bits per heavy atom. The van der Waals surface area contributed by atoms with Gasteiger partial charge in [0.25, 0.3) is 0 Å². The van der Waals surface area contributed by atoms with Crippen molar-refractivity contribution in [2.24, 2.45) is 5.73 Å². The summed E-state index contributed by atoms with van der Waals surface area (Å²) in [6, 6.07) is 0.952. The van der Waals surface area contributed by atoms with Gasteiger partial charge in [0.05, 0.1) is 6.04 Å². The Balaban J connectivity index is 2.98. The SMILES string of the molecule is N[C@H](CF)c1cc(OC(F)(F)F)ccc1F. The van der Waals surface area contributed by atoms with Crippen LogP contribution in [0.15, 0.2) is 18.2 Å². The van der Waals surface area contributed by atoms with E-state index in [-0.39, 0.29) is 5.56 Å². The molecular formula is C9H8F5NO. The van der Waals surface area contributed by atoms with Crippen molar-refractivity contribution >= 4 is 0 Å². The average molecular weight is 241 g/mol. The van der Waals surface area contributed by atoms with Gasteiger partial charge in [-0.25, -0.2) is 8.78 Å². The van der Waals surface area contributed by atoms with Crippen LogP contribution in [0.2, 0.25) is 0 Å². The maximum absolute atomic E-state index is 13.1. The maximum Gasteiger partial charge on any atom is 0.573 e. The Labute approximate surface area is 87.8 Å². The zero-order valence-electron chi connectivity index (χ0n) is 7.89. The van der Waals surface area contributed by atoms with Crippen LogP contribution in [0.5, 0.6) is 5.75 Å². The molecule has 0 saturated heterocycles. The first kappa shape index (κ1) is 12.7. The summed E-state index contributed by atoms with van der Waals surface area (Å²) in [7, 11) is 0. The molecule has 90 valence electrons. The van der Waals surface area contributed by atoms with Crippen LogP contribution in [0, 0.1) is 5.82 Å². The number of hydrogen-bond donors (Lipinski definition) is 1. The highest BCUT2D eigenvalue weighted by atomic mass is 19.4. The van der Waals surface area contributed by atoms with Gasteiger partial charge in [0.2, 0.25) is 0 Å². The summed E-state index contributed by atoms with van der Waals surface area (Å²) in [5.74, 6) is -1.51. The van der Waals surface area contributed by atoms with Crippen LogP contribution in [-0.2, 0) is 0 Å². The molecule has 0 aromatic heterocycles. The summed E-state index contributed by atoms with van der Waals surface area (Å²) in [6.07, 6.45) is -4.88. The van der Waals surface area contributed by atoms with Gasteiger partial charge in [0, 0.05) is 5.56 Å². The molecule has 1 atom stereocenters. The van der Waals surface area contributed by atoms with Crippen LogP contribution >= 0.6 is 0 Å². The molecule has 2 N–H and O–H groups in total. The number of halogens is 5. The van der Waals surface area contributed by atoms with Crippen molar-refractivity contribution in [3.05, 3.63) is 29.6 Å². The molecule has 0 aliphatic carbocycles. The van der Waals surface area contributed by atoms with Crippen LogP contribution < -0.4 is 10.5 Å². The molecule has 0 bridgehead atoms. The van der Waals surface area contributed by atoms with E-state index in [9.17, 15) is 22.0 Å². The Bertz CT molecular complexity index is 365. The topological polar surface area (TPSA) is 35.2 Å². The monoisotopic (exact) mass is 241 g/mol. The first-order valence-corrected chi connectivity index (χ1v) is 4.20. The third-order valence-electron chi connectivity index (χ3n) is 1.77. The van der Waals surface area contributed by atoms with Crippen molar-refractivity contribution in [1.82, 2.24) is 0 Å². The first-order chi connectivity index (χ1) is 7.33. The Morgan fingerprint density at radius 3 is 2.44 bits per heavy atom. The van der Waals surface area contributed by atoms with Crippen LogP contribution in [0.3, 0.4) is 0 Å². The van der Waals surface area contributed by atoms with Crippen molar-refractivity contribution in [3.8, 4) is 5.75 Å². The highest BCUT2D eigenvalue weighted by Gasteiger charge is 2.31. The highest BCUT2D eigenvalue weighted by molar-refractivity contribution is 5.32. The van der Waals surface area contributed by atoms with E-state index in [1.54, 1.807) is 0 Å². The number of ether oxygens (including phenoxy) is 1. The van der Waals surface area contributed by atoms with Gasteiger partial charge in [0.15, 0.2) is 0 Å². The molecule has 2 nitrogen and oxygen atoms in total. The summed E-state index contributed by atoms with van der Waals surface area (Å²) in [6.45, 7) is -1.08. The maximum atomic E-state index is 13.1. The van der Waals surface area contributed by atoms with Crippen LogP contribution in [0.4, 0.5) is 22.0 Å². The van der Waals surface area contributed by atoms with Crippen molar-refractivity contribution in [2.45, 2.75) is 12.4 Å². The second-order valence-electron chi connectivity index (χ2n) is 2.99. The molecule has 0 radical (unpaired) electrons. The Kier molecular flexibility index (Phi) is 3.69. The number of benzene rings is 1. The summed E-state index contributed by atoms with van der Waals surface area (Å²) < 4.78 is 64.3. The van der Waals surface area contributed by atoms with Gasteiger partial charge in [-0.2, -0.15) is 0 Å². The molecule has 0 fully saturated rings. The van der Waals surface area contributed by atoms with Gasteiger partial charge in [-0.05, 0) is 18.2 Å². The zero-order chi connectivity index (χ0) is 12.3. The third kappa shape index (κ3) is 3.34. The summed E-state index contributed by atoms with van der Waals surface area (Å²) in [5, 5.41) is 0. The van der Waals surface area contributed by atoms with Crippen molar-refractivity contribution in [3.63, 3.8) is 0 Å². The Morgan fingerprint density at radius 1 is 1.31 bits per heavy atom. The molecule has 0 aliphatic rings. The molecular weight excluding hydrogens is 233 g/mol. The van der Waals surface area contributed by atoms with Gasteiger partial charge in [-0.15, -0.1) is 13.2 Å². The lowest BCUT2D eigenvalue weighted by Gasteiger charge is -2.13. The molecule has 1 aromatic rings. The number of alkyl halides is 4. The molecule has 0 amide bonds. The predicted octanol–water partition coefficient (Wildman–Crippen LogP) is 2.69. The molecule has 0 aliphatic heterocycles. The minimum atomic E-state index is -4.88.